The Bertz CT molecular complexity index is 931. The van der Waals surface area contributed by atoms with Gasteiger partial charge in [0.25, 0.3) is 11.1 Å². The summed E-state index contributed by atoms with van der Waals surface area (Å²) in [5.74, 6) is -0.953. The average molecular weight is 363 g/mol. The standard InChI is InChI=1S/C19H13N3O3S/c20-11-14-8-6-13(7-9-14)10-16-18(24)22(19(25)26-16)12-17(23)21-15-4-2-1-3-5-15/h1-10H,12H2,(H,21,23)/b16-10+. The minimum Gasteiger partial charge on any atom is -0.325 e. The predicted molar refractivity (Wildman–Crippen MR) is 98.9 cm³/mol. The van der Waals surface area contributed by atoms with E-state index in [2.05, 4.69) is 5.32 Å². The van der Waals surface area contributed by atoms with Crippen molar-refractivity contribution in [2.24, 2.45) is 0 Å². The van der Waals surface area contributed by atoms with Crippen LogP contribution < -0.4 is 5.32 Å². The number of nitrogens with one attached hydrogen (secondary N) is 1. The first-order chi connectivity index (χ1) is 12.6. The molecular weight excluding hydrogens is 350 g/mol. The molecule has 1 fully saturated rings. The van der Waals surface area contributed by atoms with E-state index < -0.39 is 17.1 Å². The molecule has 7 heteroatoms. The molecule has 0 aromatic heterocycles. The number of benzene rings is 2. The maximum Gasteiger partial charge on any atom is 0.294 e. The Morgan fingerprint density at radius 3 is 2.46 bits per heavy atom. The molecule has 0 bridgehead atoms. The molecule has 1 aliphatic rings. The molecule has 1 saturated heterocycles. The van der Waals surface area contributed by atoms with Crippen molar-refractivity contribution < 1.29 is 14.4 Å². The Kier molecular flexibility index (Phi) is 5.15. The lowest BCUT2D eigenvalue weighted by molar-refractivity contribution is -0.127. The number of thioether (sulfide) groups is 1. The van der Waals surface area contributed by atoms with Gasteiger partial charge in [-0.1, -0.05) is 30.3 Å². The Balaban J connectivity index is 1.69. The normalized spacial score (nSPS) is 15.2. The fraction of sp³-hybridized carbons (Fsp3) is 0.0526. The minimum atomic E-state index is -0.507. The second-order valence-electron chi connectivity index (χ2n) is 5.42. The van der Waals surface area contributed by atoms with E-state index in [1.807, 2.05) is 12.1 Å². The summed E-state index contributed by atoms with van der Waals surface area (Å²) in [5.41, 5.74) is 1.80. The number of hydrogen-bond acceptors (Lipinski definition) is 5. The van der Waals surface area contributed by atoms with E-state index >= 15 is 0 Å². The number of hydrogen-bond donors (Lipinski definition) is 1. The molecule has 0 atom stereocenters. The SMILES string of the molecule is N#Cc1ccc(/C=C2/SC(=O)N(CC(=O)Nc3ccccc3)C2=O)cc1. The molecule has 6 nitrogen and oxygen atoms in total. The molecular formula is C19H13N3O3S. The van der Waals surface area contributed by atoms with Crippen LogP contribution in [0.4, 0.5) is 10.5 Å². The number of amides is 3. The summed E-state index contributed by atoms with van der Waals surface area (Å²) in [6, 6.07) is 17.5. The topological polar surface area (TPSA) is 90.3 Å². The van der Waals surface area contributed by atoms with Crippen LogP contribution in [0.15, 0.2) is 59.5 Å². The van der Waals surface area contributed by atoms with Crippen molar-refractivity contribution in [3.05, 3.63) is 70.6 Å². The van der Waals surface area contributed by atoms with Gasteiger partial charge in [-0.25, -0.2) is 0 Å². The quantitative estimate of drug-likeness (QED) is 0.842. The average Bonchev–Trinajstić information content (AvgIpc) is 2.90. The van der Waals surface area contributed by atoms with E-state index in [0.717, 1.165) is 16.7 Å². The molecule has 0 unspecified atom stereocenters. The first-order valence-corrected chi connectivity index (χ1v) is 8.49. The van der Waals surface area contributed by atoms with Crippen LogP contribution in [0.25, 0.3) is 6.08 Å². The summed E-state index contributed by atoms with van der Waals surface area (Å²) < 4.78 is 0. The van der Waals surface area contributed by atoms with E-state index in [1.165, 1.54) is 0 Å². The summed E-state index contributed by atoms with van der Waals surface area (Å²) in [6.45, 7) is -0.343. The van der Waals surface area contributed by atoms with E-state index in [-0.39, 0.29) is 11.4 Å². The summed E-state index contributed by atoms with van der Waals surface area (Å²) in [5, 5.41) is 11.0. The summed E-state index contributed by atoms with van der Waals surface area (Å²) >= 11 is 0.788. The Morgan fingerprint density at radius 1 is 1.12 bits per heavy atom. The molecule has 1 heterocycles. The van der Waals surface area contributed by atoms with Gasteiger partial charge in [-0.3, -0.25) is 19.3 Å². The van der Waals surface area contributed by atoms with Crippen LogP contribution in [0.1, 0.15) is 11.1 Å². The lowest BCUT2D eigenvalue weighted by Crippen LogP contribution is -2.36. The van der Waals surface area contributed by atoms with Crippen LogP contribution in [0, 0.1) is 11.3 Å². The first-order valence-electron chi connectivity index (χ1n) is 7.67. The van der Waals surface area contributed by atoms with Gasteiger partial charge in [0, 0.05) is 5.69 Å². The fourth-order valence-electron chi connectivity index (χ4n) is 2.31. The summed E-state index contributed by atoms with van der Waals surface area (Å²) in [6.07, 6.45) is 1.57. The Hall–Kier alpha value is -3.37. The van der Waals surface area contributed by atoms with E-state index in [0.29, 0.717) is 16.8 Å². The zero-order valence-electron chi connectivity index (χ0n) is 13.5. The second-order valence-corrected chi connectivity index (χ2v) is 6.41. The number of imide groups is 1. The molecule has 3 amide bonds. The Morgan fingerprint density at radius 2 is 1.81 bits per heavy atom. The molecule has 3 rings (SSSR count). The molecule has 0 radical (unpaired) electrons. The highest BCUT2D eigenvalue weighted by Crippen LogP contribution is 2.32. The Labute approximate surface area is 154 Å². The second kappa shape index (κ2) is 7.68. The van der Waals surface area contributed by atoms with Crippen LogP contribution in [0.2, 0.25) is 0 Å². The lowest BCUT2D eigenvalue weighted by atomic mass is 10.1. The third-order valence-corrected chi connectivity index (χ3v) is 4.48. The number of carbonyl (C=O) groups excluding carboxylic acids is 3. The number of nitrogens with zero attached hydrogens (tertiary/aromatic N) is 2. The highest BCUT2D eigenvalue weighted by Gasteiger charge is 2.36. The zero-order valence-corrected chi connectivity index (χ0v) is 14.3. The minimum absolute atomic E-state index is 0.243. The van der Waals surface area contributed by atoms with Gasteiger partial charge in [0.1, 0.15) is 6.54 Å². The smallest absolute Gasteiger partial charge is 0.294 e. The van der Waals surface area contributed by atoms with Crippen LogP contribution in [-0.2, 0) is 9.59 Å². The number of nitriles is 1. The van der Waals surface area contributed by atoms with Crippen LogP contribution in [-0.4, -0.2) is 28.5 Å². The van der Waals surface area contributed by atoms with E-state index in [9.17, 15) is 14.4 Å². The third-order valence-electron chi connectivity index (χ3n) is 3.57. The van der Waals surface area contributed by atoms with E-state index in [4.69, 9.17) is 5.26 Å². The van der Waals surface area contributed by atoms with Crippen molar-refractivity contribution in [2.45, 2.75) is 0 Å². The van der Waals surface area contributed by atoms with Gasteiger partial charge < -0.3 is 5.32 Å². The molecule has 1 aliphatic heterocycles. The van der Waals surface area contributed by atoms with Crippen molar-refractivity contribution in [1.29, 1.82) is 5.26 Å². The monoisotopic (exact) mass is 363 g/mol. The first kappa shape index (κ1) is 17.5. The van der Waals surface area contributed by atoms with Gasteiger partial charge >= 0.3 is 0 Å². The molecule has 0 spiro atoms. The van der Waals surface area contributed by atoms with Gasteiger partial charge in [0.2, 0.25) is 5.91 Å². The van der Waals surface area contributed by atoms with Crippen molar-refractivity contribution >= 4 is 40.6 Å². The van der Waals surface area contributed by atoms with Gasteiger partial charge in [-0.15, -0.1) is 0 Å². The van der Waals surface area contributed by atoms with Crippen molar-refractivity contribution in [3.63, 3.8) is 0 Å². The van der Waals surface area contributed by atoms with Crippen LogP contribution in [0.5, 0.6) is 0 Å². The third kappa shape index (κ3) is 3.99. The predicted octanol–water partition coefficient (Wildman–Crippen LogP) is 3.23. The molecule has 1 N–H and O–H groups in total. The number of anilines is 1. The van der Waals surface area contributed by atoms with Crippen LogP contribution in [0.3, 0.4) is 0 Å². The van der Waals surface area contributed by atoms with E-state index in [1.54, 1.807) is 54.6 Å². The van der Waals surface area contributed by atoms with Gasteiger partial charge in [-0.2, -0.15) is 5.26 Å². The summed E-state index contributed by atoms with van der Waals surface area (Å²) in [4.78, 5) is 37.7. The number of carbonyl (C=O) groups is 3. The molecule has 0 aliphatic carbocycles. The maximum absolute atomic E-state index is 12.4. The summed E-state index contributed by atoms with van der Waals surface area (Å²) in [7, 11) is 0. The highest BCUT2D eigenvalue weighted by atomic mass is 32.2. The number of rotatable bonds is 4. The lowest BCUT2D eigenvalue weighted by Gasteiger charge is -2.12. The van der Waals surface area contributed by atoms with Crippen molar-refractivity contribution in [3.8, 4) is 6.07 Å². The van der Waals surface area contributed by atoms with Crippen molar-refractivity contribution in [2.75, 3.05) is 11.9 Å². The zero-order chi connectivity index (χ0) is 18.5. The van der Waals surface area contributed by atoms with Crippen molar-refractivity contribution in [1.82, 2.24) is 4.90 Å². The molecule has 2 aromatic carbocycles. The molecule has 26 heavy (non-hydrogen) atoms. The van der Waals surface area contributed by atoms with Gasteiger partial charge in [0.15, 0.2) is 0 Å². The maximum atomic E-state index is 12.4. The largest absolute Gasteiger partial charge is 0.325 e. The molecule has 128 valence electrons. The number of para-hydroxylation sites is 1. The van der Waals surface area contributed by atoms with Crippen LogP contribution >= 0.6 is 11.8 Å². The van der Waals surface area contributed by atoms with Gasteiger partial charge in [-0.05, 0) is 47.7 Å². The fourth-order valence-corrected chi connectivity index (χ4v) is 3.15. The van der Waals surface area contributed by atoms with Gasteiger partial charge in [0.05, 0.1) is 16.5 Å². The molecule has 2 aromatic rings. The molecule has 0 saturated carbocycles. The highest BCUT2D eigenvalue weighted by molar-refractivity contribution is 8.18.